The Bertz CT molecular complexity index is 2350. The Labute approximate surface area is 525 Å². The van der Waals surface area contributed by atoms with Gasteiger partial charge in [0.15, 0.2) is 23.8 Å². The molecule has 34 heteroatoms. The lowest BCUT2D eigenvalue weighted by molar-refractivity contribution is -0.143. The van der Waals surface area contributed by atoms with Crippen molar-refractivity contribution in [2.75, 3.05) is 32.7 Å². The highest BCUT2D eigenvalue weighted by Crippen LogP contribution is 2.15. The summed E-state index contributed by atoms with van der Waals surface area (Å²) in [4.78, 5) is 146. The van der Waals surface area contributed by atoms with Crippen molar-refractivity contribution in [1.82, 2.24) is 63.8 Å². The van der Waals surface area contributed by atoms with Crippen LogP contribution >= 0.6 is 0 Å². The Balaban J connectivity index is 3.33. The van der Waals surface area contributed by atoms with Crippen LogP contribution in [-0.2, 0) is 52.7 Å². The van der Waals surface area contributed by atoms with Crippen molar-refractivity contribution in [3.8, 4) is 0 Å². The molecule has 0 bridgehead atoms. The van der Waals surface area contributed by atoms with Gasteiger partial charge in [-0.3, -0.25) is 64.8 Å². The molecule has 27 N–H and O–H groups in total. The first-order chi connectivity index (χ1) is 42.8. The standard InChI is InChI=1S/C56H102N20O14/c57-53(58)66-31-15-20-36-47(83)73-37(21-16-32-67-54(59)60)48(84)74-38(22-17-33-68-55(61)62)49(85)75-39(23-18-34-69-56(63)64)50(86)76-41(52(89)90)27-29-44(79)70-35(46(82)72-36)19-13-14-30-65-42(77)28-26-40(51(87)88)71-43(78)24-11-9-7-5-3-1-2-4-6-8-10-12-25-45(80)81/h35-41H,1-34H2,(H,65,77)(H,70,79)(H,71,78)(H,72,82)(H,73,83)(H,74,84)(H,75,85)(H,76,86)(H,80,81)(H,87,88)(H,89,90)(H4,57,58,66)(H4,59,60,67)(H4,61,62,68)(H4,63,64,69)/t35-,36-,37-,38-,39-,40?,41-/m0/s1. The largest absolute Gasteiger partial charge is 0.481 e. The van der Waals surface area contributed by atoms with Gasteiger partial charge >= 0.3 is 17.9 Å². The van der Waals surface area contributed by atoms with E-state index in [2.05, 4.69) is 63.8 Å². The number of guanidine groups is 4. The first-order valence-corrected chi connectivity index (χ1v) is 31.2. The molecule has 0 spiro atoms. The average molecular weight is 1280 g/mol. The molecule has 1 aliphatic heterocycles. The second kappa shape index (κ2) is 47.3. The lowest BCUT2D eigenvalue weighted by Crippen LogP contribution is -2.60. The fourth-order valence-corrected chi connectivity index (χ4v) is 9.54. The number of carbonyl (C=O) groups is 11. The maximum atomic E-state index is 14.4. The summed E-state index contributed by atoms with van der Waals surface area (Å²) in [6.45, 7) is 0.261. The molecular formula is C56H102N20O14. The number of nitrogens with two attached hydrogens (primary N) is 4. The number of aliphatic carboxylic acids is 3. The summed E-state index contributed by atoms with van der Waals surface area (Å²) < 4.78 is 0. The molecule has 1 heterocycles. The Hall–Kier alpha value is -8.75. The maximum Gasteiger partial charge on any atom is 0.326 e. The molecule has 0 aromatic heterocycles. The summed E-state index contributed by atoms with van der Waals surface area (Å²) in [6.07, 6.45) is 10.4. The molecule has 510 valence electrons. The van der Waals surface area contributed by atoms with Gasteiger partial charge in [0.25, 0.3) is 0 Å². The third kappa shape index (κ3) is 39.9. The molecule has 1 rings (SSSR count). The predicted molar refractivity (Wildman–Crippen MR) is 333 cm³/mol. The van der Waals surface area contributed by atoms with E-state index in [0.717, 1.165) is 64.2 Å². The predicted octanol–water partition coefficient (Wildman–Crippen LogP) is -1.99. The van der Waals surface area contributed by atoms with Crippen LogP contribution in [0.5, 0.6) is 0 Å². The molecule has 0 saturated carbocycles. The van der Waals surface area contributed by atoms with Crippen molar-refractivity contribution in [1.29, 1.82) is 21.6 Å². The fraction of sp³-hybridized carbons (Fsp3) is 0.732. The lowest BCUT2D eigenvalue weighted by Gasteiger charge is -2.28. The summed E-state index contributed by atoms with van der Waals surface area (Å²) in [5.74, 6) is -11.6. The molecule has 1 unspecified atom stereocenters. The topological polar surface area (TPSA) is 592 Å². The van der Waals surface area contributed by atoms with Crippen LogP contribution in [-0.4, -0.2) is 179 Å². The summed E-state index contributed by atoms with van der Waals surface area (Å²) in [5.41, 5.74) is 21.8. The minimum absolute atomic E-state index is 0.0335. The Morgan fingerprint density at radius 1 is 0.411 bits per heavy atom. The first kappa shape index (κ1) is 79.3. The molecule has 1 fully saturated rings. The van der Waals surface area contributed by atoms with E-state index in [9.17, 15) is 63.0 Å². The van der Waals surface area contributed by atoms with Gasteiger partial charge in [-0.2, -0.15) is 0 Å². The van der Waals surface area contributed by atoms with Crippen molar-refractivity contribution >= 4 is 89.0 Å². The smallest absolute Gasteiger partial charge is 0.326 e. The number of carboxylic acids is 3. The minimum Gasteiger partial charge on any atom is -0.481 e. The lowest BCUT2D eigenvalue weighted by atomic mass is 10.0. The Kier molecular flexibility index (Phi) is 41.6. The molecule has 0 radical (unpaired) electrons. The zero-order valence-electron chi connectivity index (χ0n) is 51.7. The van der Waals surface area contributed by atoms with Crippen LogP contribution in [0.15, 0.2) is 0 Å². The van der Waals surface area contributed by atoms with Gasteiger partial charge in [-0.1, -0.05) is 64.2 Å². The van der Waals surface area contributed by atoms with Gasteiger partial charge in [-0.15, -0.1) is 0 Å². The summed E-state index contributed by atoms with van der Waals surface area (Å²) in [6, 6.07) is -10.2. The van der Waals surface area contributed by atoms with Crippen LogP contribution in [0.3, 0.4) is 0 Å². The molecule has 8 amide bonds. The zero-order valence-corrected chi connectivity index (χ0v) is 51.7. The molecule has 34 nitrogen and oxygen atoms in total. The summed E-state index contributed by atoms with van der Waals surface area (Å²) >= 11 is 0. The normalized spacial score (nSPS) is 18.9. The molecular weight excluding hydrogens is 1180 g/mol. The van der Waals surface area contributed by atoms with Crippen LogP contribution < -0.4 is 86.7 Å². The molecule has 0 aromatic rings. The maximum absolute atomic E-state index is 14.4. The average Bonchev–Trinajstić information content (AvgIpc) is 2.54. The third-order valence-corrected chi connectivity index (χ3v) is 14.5. The van der Waals surface area contributed by atoms with Crippen molar-refractivity contribution in [2.24, 2.45) is 22.9 Å². The van der Waals surface area contributed by atoms with Crippen molar-refractivity contribution in [3.05, 3.63) is 0 Å². The van der Waals surface area contributed by atoms with Gasteiger partial charge in [0, 0.05) is 58.4 Å². The Morgan fingerprint density at radius 3 is 1.10 bits per heavy atom. The summed E-state index contributed by atoms with van der Waals surface area (Å²) in [5, 5.41) is 89.9. The van der Waals surface area contributed by atoms with E-state index in [1.54, 1.807) is 0 Å². The summed E-state index contributed by atoms with van der Waals surface area (Å²) in [7, 11) is 0. The Morgan fingerprint density at radius 2 is 0.744 bits per heavy atom. The molecule has 0 aromatic carbocycles. The van der Waals surface area contributed by atoms with Crippen LogP contribution in [0, 0.1) is 21.6 Å². The van der Waals surface area contributed by atoms with E-state index in [1.807, 2.05) is 0 Å². The molecule has 1 saturated heterocycles. The monoisotopic (exact) mass is 1280 g/mol. The van der Waals surface area contributed by atoms with Gasteiger partial charge in [0.1, 0.15) is 42.3 Å². The van der Waals surface area contributed by atoms with Crippen LogP contribution in [0.25, 0.3) is 0 Å². The minimum atomic E-state index is -1.72. The van der Waals surface area contributed by atoms with Gasteiger partial charge in [0.2, 0.25) is 47.3 Å². The van der Waals surface area contributed by atoms with Crippen molar-refractivity contribution in [2.45, 2.75) is 228 Å². The number of unbranched alkanes of at least 4 members (excludes halogenated alkanes) is 12. The van der Waals surface area contributed by atoms with E-state index in [4.69, 9.17) is 49.7 Å². The second-order valence-corrected chi connectivity index (χ2v) is 22.2. The zero-order chi connectivity index (χ0) is 67.2. The molecule has 0 aliphatic carbocycles. The quantitative estimate of drug-likeness (QED) is 0.0179. The number of hydrogen-bond donors (Lipinski definition) is 23. The number of carboxylic acid groups (broad SMARTS) is 3. The number of rotatable bonds is 42. The van der Waals surface area contributed by atoms with Crippen LogP contribution in [0.1, 0.15) is 186 Å². The number of hydrogen-bond acceptors (Lipinski definition) is 15. The highest BCUT2D eigenvalue weighted by Gasteiger charge is 2.34. The molecule has 90 heavy (non-hydrogen) atoms. The SMILES string of the molecule is N=C(N)NCCC[C@@H]1NC(=O)[C@H](CCCNC(=N)N)NC(=O)[C@H](CCCNC(=N)N)NC(=O)[C@H](CCCNC(=N)N)NC(=O)[C@H](CCCCNC(=O)CCC(NC(=O)CCCCCCCCCCCCCCC(=O)O)C(=O)O)NC(=O)CC[C@@H](C(=O)O)NC1=O. The van der Waals surface area contributed by atoms with E-state index in [1.165, 1.54) is 0 Å². The fourth-order valence-electron chi connectivity index (χ4n) is 9.54. The molecule has 7 atom stereocenters. The number of nitrogens with one attached hydrogen (secondary N) is 16. The van der Waals surface area contributed by atoms with Crippen molar-refractivity contribution in [3.63, 3.8) is 0 Å². The van der Waals surface area contributed by atoms with Crippen molar-refractivity contribution < 1.29 is 68.1 Å². The second-order valence-electron chi connectivity index (χ2n) is 22.2. The van der Waals surface area contributed by atoms with E-state index in [-0.39, 0.29) is 153 Å². The van der Waals surface area contributed by atoms with E-state index in [0.29, 0.717) is 12.8 Å². The highest BCUT2D eigenvalue weighted by molar-refractivity contribution is 5.97. The van der Waals surface area contributed by atoms with Gasteiger partial charge in [0.05, 0.1) is 0 Å². The van der Waals surface area contributed by atoms with Crippen LogP contribution in [0.2, 0.25) is 0 Å². The highest BCUT2D eigenvalue weighted by atomic mass is 16.4. The molecule has 1 aliphatic rings. The van der Waals surface area contributed by atoms with Gasteiger partial charge < -0.3 is 102 Å². The third-order valence-electron chi connectivity index (χ3n) is 14.5. The first-order valence-electron chi connectivity index (χ1n) is 31.2. The van der Waals surface area contributed by atoms with Gasteiger partial charge in [-0.05, 0) is 96.3 Å². The number of amides is 8. The van der Waals surface area contributed by atoms with E-state index < -0.39 is 120 Å². The number of carbonyl (C=O) groups excluding carboxylic acids is 8. The van der Waals surface area contributed by atoms with E-state index >= 15 is 0 Å². The van der Waals surface area contributed by atoms with Gasteiger partial charge in [-0.25, -0.2) is 9.59 Å². The van der Waals surface area contributed by atoms with Crippen LogP contribution in [0.4, 0.5) is 0 Å².